The first-order valence-electron chi connectivity index (χ1n) is 7.98. The van der Waals surface area contributed by atoms with Gasteiger partial charge in [-0.05, 0) is 44.0 Å². The van der Waals surface area contributed by atoms with Crippen LogP contribution in [0.3, 0.4) is 0 Å². The second-order valence-electron chi connectivity index (χ2n) is 5.67. The van der Waals surface area contributed by atoms with Gasteiger partial charge in [-0.25, -0.2) is 0 Å². The third-order valence-corrected chi connectivity index (χ3v) is 4.14. The van der Waals surface area contributed by atoms with Crippen molar-refractivity contribution < 1.29 is 14.6 Å². The maximum atomic E-state index is 12.6. The summed E-state index contributed by atoms with van der Waals surface area (Å²) >= 11 is 0. The van der Waals surface area contributed by atoms with Crippen molar-refractivity contribution in [2.75, 3.05) is 44.8 Å². The Labute approximate surface area is 132 Å². The molecule has 1 aromatic rings. The van der Waals surface area contributed by atoms with Crippen molar-refractivity contribution in [1.29, 1.82) is 0 Å². The number of hydrogen-bond donors (Lipinski definition) is 1. The van der Waals surface area contributed by atoms with Crippen LogP contribution in [0.25, 0.3) is 0 Å². The number of aliphatic hydroxyl groups excluding tert-OH is 1. The van der Waals surface area contributed by atoms with Gasteiger partial charge in [-0.1, -0.05) is 0 Å². The second-order valence-corrected chi connectivity index (χ2v) is 5.67. The van der Waals surface area contributed by atoms with E-state index in [0.717, 1.165) is 37.2 Å². The van der Waals surface area contributed by atoms with Gasteiger partial charge >= 0.3 is 0 Å². The lowest BCUT2D eigenvalue weighted by atomic mass is 10.1. The Hall–Kier alpha value is -1.59. The van der Waals surface area contributed by atoms with E-state index in [-0.39, 0.29) is 18.6 Å². The molecule has 22 heavy (non-hydrogen) atoms. The summed E-state index contributed by atoms with van der Waals surface area (Å²) in [4.78, 5) is 16.6. The van der Waals surface area contributed by atoms with Crippen molar-refractivity contribution in [3.05, 3.63) is 29.8 Å². The zero-order valence-corrected chi connectivity index (χ0v) is 13.5. The molecule has 0 aliphatic carbocycles. The van der Waals surface area contributed by atoms with Crippen LogP contribution >= 0.6 is 0 Å². The molecule has 5 heteroatoms. The molecule has 0 spiro atoms. The van der Waals surface area contributed by atoms with Crippen LogP contribution in [0.4, 0.5) is 5.69 Å². The summed E-state index contributed by atoms with van der Waals surface area (Å²) in [7, 11) is 2.03. The second kappa shape index (κ2) is 8.15. The lowest BCUT2D eigenvalue weighted by Gasteiger charge is -2.32. The van der Waals surface area contributed by atoms with Crippen LogP contribution in [0, 0.1) is 0 Å². The average Bonchev–Trinajstić information content (AvgIpc) is 2.59. The third-order valence-electron chi connectivity index (χ3n) is 4.14. The Kier molecular flexibility index (Phi) is 6.21. The van der Waals surface area contributed by atoms with Crippen LogP contribution in [-0.4, -0.2) is 61.9 Å². The van der Waals surface area contributed by atoms with Gasteiger partial charge in [0.2, 0.25) is 0 Å². The fourth-order valence-electron chi connectivity index (χ4n) is 2.70. The molecule has 2 rings (SSSR count). The zero-order chi connectivity index (χ0) is 15.9. The molecule has 1 atom stereocenters. The van der Waals surface area contributed by atoms with Crippen molar-refractivity contribution in [1.82, 2.24) is 4.90 Å². The van der Waals surface area contributed by atoms with Gasteiger partial charge in [0.05, 0.1) is 19.3 Å². The molecule has 0 radical (unpaired) electrons. The Morgan fingerprint density at radius 1 is 1.41 bits per heavy atom. The first kappa shape index (κ1) is 16.8. The van der Waals surface area contributed by atoms with Gasteiger partial charge in [0, 0.05) is 37.9 Å². The predicted molar refractivity (Wildman–Crippen MR) is 87.3 cm³/mol. The summed E-state index contributed by atoms with van der Waals surface area (Å²) in [5.74, 6) is 0.0583. The number of anilines is 1. The summed E-state index contributed by atoms with van der Waals surface area (Å²) < 4.78 is 5.56. The Morgan fingerprint density at radius 3 is 2.77 bits per heavy atom. The van der Waals surface area contributed by atoms with Crippen molar-refractivity contribution in [3.8, 4) is 0 Å². The van der Waals surface area contributed by atoms with Crippen LogP contribution in [0.1, 0.15) is 30.1 Å². The number of hydrogen-bond acceptors (Lipinski definition) is 4. The number of amides is 1. The molecule has 5 nitrogen and oxygen atoms in total. The van der Waals surface area contributed by atoms with E-state index in [1.807, 2.05) is 36.2 Å². The molecule has 122 valence electrons. The number of likely N-dealkylation sites (tertiary alicyclic amines) is 1. The summed E-state index contributed by atoms with van der Waals surface area (Å²) in [6, 6.07) is 7.75. The van der Waals surface area contributed by atoms with Crippen LogP contribution in [-0.2, 0) is 4.74 Å². The van der Waals surface area contributed by atoms with E-state index in [0.29, 0.717) is 13.2 Å². The van der Waals surface area contributed by atoms with Gasteiger partial charge in [0.25, 0.3) is 5.91 Å². The number of carbonyl (C=O) groups is 1. The van der Waals surface area contributed by atoms with Gasteiger partial charge in [0.15, 0.2) is 0 Å². The highest BCUT2D eigenvalue weighted by Gasteiger charge is 2.24. The monoisotopic (exact) mass is 306 g/mol. The first-order valence-corrected chi connectivity index (χ1v) is 7.98. The Morgan fingerprint density at radius 2 is 2.14 bits per heavy atom. The van der Waals surface area contributed by atoms with Gasteiger partial charge < -0.3 is 19.6 Å². The fraction of sp³-hybridized carbons (Fsp3) is 0.588. The van der Waals surface area contributed by atoms with Crippen molar-refractivity contribution in [3.63, 3.8) is 0 Å². The van der Waals surface area contributed by atoms with Gasteiger partial charge in [-0.3, -0.25) is 4.79 Å². The molecule has 0 bridgehead atoms. The van der Waals surface area contributed by atoms with Crippen LogP contribution in [0.5, 0.6) is 0 Å². The number of nitrogens with zero attached hydrogens (tertiary/aromatic N) is 2. The average molecular weight is 306 g/mol. The molecule has 1 fully saturated rings. The first-order chi connectivity index (χ1) is 10.7. The summed E-state index contributed by atoms with van der Waals surface area (Å²) in [6.07, 6.45) is 1.93. The molecule has 0 saturated carbocycles. The van der Waals surface area contributed by atoms with E-state index in [2.05, 4.69) is 11.8 Å². The van der Waals surface area contributed by atoms with Crippen molar-refractivity contribution in [2.45, 2.75) is 25.9 Å². The maximum Gasteiger partial charge on any atom is 0.253 e. The number of aliphatic hydroxyl groups is 1. The summed E-state index contributed by atoms with van der Waals surface area (Å²) in [6.45, 7) is 4.77. The minimum atomic E-state index is 0.0247. The summed E-state index contributed by atoms with van der Waals surface area (Å²) in [5.41, 5.74) is 1.83. The molecule has 1 heterocycles. The third kappa shape index (κ3) is 4.21. The van der Waals surface area contributed by atoms with E-state index in [4.69, 9.17) is 9.84 Å². The largest absolute Gasteiger partial charge is 0.394 e. The summed E-state index contributed by atoms with van der Waals surface area (Å²) in [5, 5.41) is 8.83. The number of benzene rings is 1. The van der Waals surface area contributed by atoms with Crippen molar-refractivity contribution >= 4 is 11.6 Å². The van der Waals surface area contributed by atoms with E-state index < -0.39 is 0 Å². The maximum absolute atomic E-state index is 12.6. The molecule has 1 aromatic carbocycles. The minimum absolute atomic E-state index is 0.0247. The number of carbonyl (C=O) groups excluding carboxylic acids is 1. The Bertz CT molecular complexity index is 475. The molecular formula is C17H26N2O3. The normalized spacial score (nSPS) is 18.3. The van der Waals surface area contributed by atoms with Crippen molar-refractivity contribution in [2.24, 2.45) is 0 Å². The van der Waals surface area contributed by atoms with E-state index >= 15 is 0 Å². The number of rotatable bonds is 6. The van der Waals surface area contributed by atoms with Gasteiger partial charge in [-0.15, -0.1) is 0 Å². The molecule has 0 aromatic heterocycles. The predicted octanol–water partition coefficient (Wildman–Crippen LogP) is 1.76. The van der Waals surface area contributed by atoms with E-state index in [1.165, 1.54) is 0 Å². The van der Waals surface area contributed by atoms with Gasteiger partial charge in [-0.2, -0.15) is 0 Å². The highest BCUT2D eigenvalue weighted by Crippen LogP contribution is 2.18. The fourth-order valence-corrected chi connectivity index (χ4v) is 2.70. The highest BCUT2D eigenvalue weighted by molar-refractivity contribution is 5.94. The lowest BCUT2D eigenvalue weighted by molar-refractivity contribution is -0.0110. The SMILES string of the molecule is CCN(C)c1ccc(C(=O)N2CCC[C@H](OCCO)C2)cc1. The minimum Gasteiger partial charge on any atom is -0.394 e. The molecular weight excluding hydrogens is 280 g/mol. The molecule has 1 N–H and O–H groups in total. The highest BCUT2D eigenvalue weighted by atomic mass is 16.5. The molecule has 0 unspecified atom stereocenters. The number of piperidine rings is 1. The number of ether oxygens (including phenoxy) is 1. The molecule has 1 aliphatic rings. The quantitative estimate of drug-likeness (QED) is 0.870. The molecule has 1 saturated heterocycles. The lowest BCUT2D eigenvalue weighted by Crippen LogP contribution is -2.43. The standard InChI is InChI=1S/C17H26N2O3/c1-3-18(2)15-8-6-14(7-9-15)17(21)19-10-4-5-16(13-19)22-12-11-20/h6-9,16,20H,3-5,10-13H2,1-2H3/t16-/m0/s1. The topological polar surface area (TPSA) is 53.0 Å². The smallest absolute Gasteiger partial charge is 0.253 e. The van der Waals surface area contributed by atoms with E-state index in [1.54, 1.807) is 0 Å². The Balaban J connectivity index is 1.98. The van der Waals surface area contributed by atoms with Crippen LogP contribution in [0.15, 0.2) is 24.3 Å². The zero-order valence-electron chi connectivity index (χ0n) is 13.5. The molecule has 1 amide bonds. The van der Waals surface area contributed by atoms with E-state index in [9.17, 15) is 4.79 Å². The van der Waals surface area contributed by atoms with Crippen LogP contribution < -0.4 is 4.90 Å². The van der Waals surface area contributed by atoms with Crippen LogP contribution in [0.2, 0.25) is 0 Å². The molecule has 1 aliphatic heterocycles. The van der Waals surface area contributed by atoms with Gasteiger partial charge in [0.1, 0.15) is 0 Å².